The fourth-order valence-electron chi connectivity index (χ4n) is 1.73. The molecule has 0 aromatic heterocycles. The van der Waals surface area contributed by atoms with Crippen LogP contribution in [0.5, 0.6) is 0 Å². The van der Waals surface area contributed by atoms with Crippen LogP contribution in [0, 0.1) is 10.1 Å². The van der Waals surface area contributed by atoms with Gasteiger partial charge in [-0.05, 0) is 26.3 Å². The second kappa shape index (κ2) is 8.23. The molecule has 0 heterocycles. The molecule has 0 spiro atoms. The van der Waals surface area contributed by atoms with Crippen molar-refractivity contribution in [2.75, 3.05) is 5.88 Å². The highest BCUT2D eigenvalue weighted by molar-refractivity contribution is 7.89. The number of hydrogen-bond acceptors (Lipinski definition) is 6. The third-order valence-electron chi connectivity index (χ3n) is 2.68. The molecule has 8 nitrogen and oxygen atoms in total. The highest BCUT2D eigenvalue weighted by Crippen LogP contribution is 2.23. The van der Waals surface area contributed by atoms with E-state index in [0.717, 1.165) is 12.1 Å². The van der Waals surface area contributed by atoms with E-state index in [9.17, 15) is 23.3 Å². The second-order valence-corrected chi connectivity index (χ2v) is 6.92. The number of carbonyl (C=O) groups excluding carboxylic acids is 1. The number of sulfonamides is 1. The molecule has 10 heteroatoms. The lowest BCUT2D eigenvalue weighted by Crippen LogP contribution is -2.43. The van der Waals surface area contributed by atoms with Crippen LogP contribution in [-0.4, -0.2) is 37.3 Å². The number of nitrogens with zero attached hydrogens (tertiary/aromatic N) is 1. The molecule has 0 radical (unpaired) electrons. The first-order valence-corrected chi connectivity index (χ1v) is 8.73. The van der Waals surface area contributed by atoms with Crippen LogP contribution in [-0.2, 0) is 19.6 Å². The Hall–Kier alpha value is -1.71. The number of nitro groups is 1. The smallest absolute Gasteiger partial charge is 0.324 e. The third kappa shape index (κ3) is 5.45. The summed E-state index contributed by atoms with van der Waals surface area (Å²) in [5, 5.41) is 11.0. The van der Waals surface area contributed by atoms with E-state index >= 15 is 0 Å². The van der Waals surface area contributed by atoms with Crippen molar-refractivity contribution in [2.45, 2.75) is 37.3 Å². The molecule has 1 rings (SSSR count). The van der Waals surface area contributed by atoms with E-state index in [4.69, 9.17) is 16.3 Å². The van der Waals surface area contributed by atoms with Gasteiger partial charge in [-0.3, -0.25) is 14.9 Å². The molecule has 23 heavy (non-hydrogen) atoms. The topological polar surface area (TPSA) is 116 Å². The summed E-state index contributed by atoms with van der Waals surface area (Å²) < 4.78 is 31.8. The molecule has 0 aliphatic heterocycles. The lowest BCUT2D eigenvalue weighted by atomic mass is 10.2. The predicted octanol–water partition coefficient (Wildman–Crippen LogP) is 1.82. The molecule has 0 unspecified atom stereocenters. The number of hydrogen-bond donors (Lipinski definition) is 1. The monoisotopic (exact) mass is 364 g/mol. The minimum Gasteiger partial charge on any atom is -0.462 e. The molecular formula is C13H17ClN2O6S. The summed E-state index contributed by atoms with van der Waals surface area (Å²) in [4.78, 5) is 21.6. The zero-order chi connectivity index (χ0) is 17.6. The first kappa shape index (κ1) is 19.3. The average Bonchev–Trinajstić information content (AvgIpc) is 2.45. The third-order valence-corrected chi connectivity index (χ3v) is 4.42. The SMILES string of the molecule is CC(C)OC(=O)[C@@H](CCCl)NS(=O)(=O)c1ccccc1[N+](=O)[O-]. The number of ether oxygens (including phenoxy) is 1. The first-order chi connectivity index (χ1) is 10.7. The van der Waals surface area contributed by atoms with Crippen molar-refractivity contribution in [2.24, 2.45) is 0 Å². The minimum absolute atomic E-state index is 0.00697. The lowest BCUT2D eigenvalue weighted by molar-refractivity contribution is -0.387. The maximum atomic E-state index is 12.4. The van der Waals surface area contributed by atoms with Gasteiger partial charge in [0.25, 0.3) is 5.69 Å². The number of nitro benzene ring substituents is 1. The van der Waals surface area contributed by atoms with E-state index in [1.54, 1.807) is 13.8 Å². The highest BCUT2D eigenvalue weighted by Gasteiger charge is 2.31. The van der Waals surface area contributed by atoms with Crippen LogP contribution in [0.4, 0.5) is 5.69 Å². The summed E-state index contributed by atoms with van der Waals surface area (Å²) in [5.41, 5.74) is -0.582. The maximum absolute atomic E-state index is 12.4. The molecule has 0 saturated carbocycles. The maximum Gasteiger partial charge on any atom is 0.324 e. The van der Waals surface area contributed by atoms with Gasteiger partial charge in [0.1, 0.15) is 6.04 Å². The van der Waals surface area contributed by atoms with E-state index in [1.807, 2.05) is 0 Å². The molecular weight excluding hydrogens is 348 g/mol. The van der Waals surface area contributed by atoms with Crippen LogP contribution in [0.1, 0.15) is 20.3 Å². The van der Waals surface area contributed by atoms with Crippen LogP contribution < -0.4 is 4.72 Å². The Morgan fingerprint density at radius 2 is 2.00 bits per heavy atom. The Kier molecular flexibility index (Phi) is 6.92. The molecule has 0 fully saturated rings. The van der Waals surface area contributed by atoms with Gasteiger partial charge in [-0.2, -0.15) is 4.72 Å². The van der Waals surface area contributed by atoms with Gasteiger partial charge in [-0.25, -0.2) is 8.42 Å². The Morgan fingerprint density at radius 3 is 2.52 bits per heavy atom. The molecule has 1 N–H and O–H groups in total. The zero-order valence-electron chi connectivity index (χ0n) is 12.6. The molecule has 0 saturated heterocycles. The van der Waals surface area contributed by atoms with Crippen molar-refractivity contribution in [3.8, 4) is 0 Å². The number of halogens is 1. The van der Waals surface area contributed by atoms with E-state index in [-0.39, 0.29) is 12.3 Å². The lowest BCUT2D eigenvalue weighted by Gasteiger charge is -2.18. The van der Waals surface area contributed by atoms with Crippen molar-refractivity contribution >= 4 is 33.3 Å². The summed E-state index contributed by atoms with van der Waals surface area (Å²) in [6.07, 6.45) is -0.441. The summed E-state index contributed by atoms with van der Waals surface area (Å²) >= 11 is 5.58. The Morgan fingerprint density at radius 1 is 1.39 bits per heavy atom. The number of nitrogens with one attached hydrogen (secondary N) is 1. The predicted molar refractivity (Wildman–Crippen MR) is 83.8 cm³/mol. The summed E-state index contributed by atoms with van der Waals surface area (Å²) in [6, 6.07) is 3.63. The molecule has 128 valence electrons. The van der Waals surface area contributed by atoms with Crippen molar-refractivity contribution in [3.63, 3.8) is 0 Å². The summed E-state index contributed by atoms with van der Waals surface area (Å²) in [6.45, 7) is 3.23. The van der Waals surface area contributed by atoms with Gasteiger partial charge in [0, 0.05) is 11.9 Å². The average molecular weight is 365 g/mol. The molecule has 0 amide bonds. The number of benzene rings is 1. The fourth-order valence-corrected chi connectivity index (χ4v) is 3.34. The van der Waals surface area contributed by atoms with Crippen LogP contribution in [0.3, 0.4) is 0 Å². The van der Waals surface area contributed by atoms with Crippen LogP contribution >= 0.6 is 11.6 Å². The molecule has 1 atom stereocenters. The van der Waals surface area contributed by atoms with Crippen LogP contribution in [0.15, 0.2) is 29.2 Å². The molecule has 1 aromatic rings. The number of esters is 1. The Balaban J connectivity index is 3.12. The van der Waals surface area contributed by atoms with Gasteiger partial charge in [0.05, 0.1) is 11.0 Å². The van der Waals surface area contributed by atoms with Crippen LogP contribution in [0.2, 0.25) is 0 Å². The van der Waals surface area contributed by atoms with Gasteiger partial charge < -0.3 is 4.74 Å². The van der Waals surface area contributed by atoms with Crippen molar-refractivity contribution in [3.05, 3.63) is 34.4 Å². The minimum atomic E-state index is -4.29. The fraction of sp³-hybridized carbons (Fsp3) is 0.462. The van der Waals surface area contributed by atoms with E-state index in [1.165, 1.54) is 12.1 Å². The summed E-state index contributed by atoms with van der Waals surface area (Å²) in [7, 11) is -4.29. The van der Waals surface area contributed by atoms with Gasteiger partial charge in [-0.1, -0.05) is 12.1 Å². The molecule has 0 bridgehead atoms. The van der Waals surface area contributed by atoms with Gasteiger partial charge in [-0.15, -0.1) is 11.6 Å². The quantitative estimate of drug-likeness (QED) is 0.325. The number of para-hydroxylation sites is 1. The summed E-state index contributed by atoms with van der Waals surface area (Å²) in [5.74, 6) is -0.778. The van der Waals surface area contributed by atoms with Crippen molar-refractivity contribution in [1.82, 2.24) is 4.72 Å². The van der Waals surface area contributed by atoms with Gasteiger partial charge in [0.15, 0.2) is 4.90 Å². The van der Waals surface area contributed by atoms with E-state index in [2.05, 4.69) is 4.72 Å². The Bertz CT molecular complexity index is 677. The second-order valence-electron chi connectivity index (χ2n) is 4.86. The standard InChI is InChI=1S/C13H17ClN2O6S/c1-9(2)22-13(17)10(7-8-14)15-23(20,21)12-6-4-3-5-11(12)16(18)19/h3-6,9-10,15H,7-8H2,1-2H3/t10-/m1/s1. The zero-order valence-corrected chi connectivity index (χ0v) is 14.1. The largest absolute Gasteiger partial charge is 0.462 e. The highest BCUT2D eigenvalue weighted by atomic mass is 35.5. The number of carbonyl (C=O) groups is 1. The van der Waals surface area contributed by atoms with E-state index < -0.39 is 43.6 Å². The van der Waals surface area contributed by atoms with Gasteiger partial charge in [0.2, 0.25) is 10.0 Å². The van der Waals surface area contributed by atoms with Gasteiger partial charge >= 0.3 is 5.97 Å². The van der Waals surface area contributed by atoms with E-state index in [0.29, 0.717) is 0 Å². The first-order valence-electron chi connectivity index (χ1n) is 6.71. The number of rotatable bonds is 8. The van der Waals surface area contributed by atoms with Crippen molar-refractivity contribution in [1.29, 1.82) is 0 Å². The molecule has 1 aromatic carbocycles. The number of alkyl halides is 1. The molecule has 0 aliphatic rings. The molecule has 0 aliphatic carbocycles. The normalized spacial score (nSPS) is 12.9. The van der Waals surface area contributed by atoms with Crippen LogP contribution in [0.25, 0.3) is 0 Å². The Labute approximate surface area is 139 Å². The van der Waals surface area contributed by atoms with Crippen molar-refractivity contribution < 1.29 is 22.9 Å².